The molecule has 0 fully saturated rings. The van der Waals surface area contributed by atoms with Crippen LogP contribution in [-0.4, -0.2) is 22.9 Å². The minimum atomic E-state index is -0.288. The molecule has 0 amide bonds. The highest BCUT2D eigenvalue weighted by Crippen LogP contribution is 2.32. The summed E-state index contributed by atoms with van der Waals surface area (Å²) >= 11 is 0. The molecule has 2 aromatic rings. The van der Waals surface area contributed by atoms with Crippen LogP contribution in [0.2, 0.25) is 0 Å². The molecule has 6 nitrogen and oxygen atoms in total. The molecule has 0 saturated heterocycles. The summed E-state index contributed by atoms with van der Waals surface area (Å²) in [4.78, 5) is 16.2. The first kappa shape index (κ1) is 9.95. The van der Waals surface area contributed by atoms with Crippen molar-refractivity contribution in [3.8, 4) is 11.5 Å². The van der Waals surface area contributed by atoms with E-state index in [1.807, 2.05) is 0 Å². The zero-order valence-electron chi connectivity index (χ0n) is 9.27. The van der Waals surface area contributed by atoms with Crippen molar-refractivity contribution in [2.45, 2.75) is 6.92 Å². The predicted molar refractivity (Wildman–Crippen MR) is 61.9 cm³/mol. The van der Waals surface area contributed by atoms with Gasteiger partial charge in [0.05, 0.1) is 10.9 Å². The fourth-order valence-electron chi connectivity index (χ4n) is 1.85. The van der Waals surface area contributed by atoms with Crippen LogP contribution in [0.1, 0.15) is 5.82 Å². The Morgan fingerprint density at radius 3 is 2.65 bits per heavy atom. The number of nitrogens with two attached hydrogens (primary N) is 1. The molecule has 0 aliphatic carbocycles. The van der Waals surface area contributed by atoms with Gasteiger partial charge in [0.25, 0.3) is 5.56 Å². The van der Waals surface area contributed by atoms with Crippen LogP contribution in [0.25, 0.3) is 10.9 Å². The monoisotopic (exact) mass is 233 g/mol. The van der Waals surface area contributed by atoms with Gasteiger partial charge in [-0.2, -0.15) is 0 Å². The van der Waals surface area contributed by atoms with E-state index < -0.39 is 0 Å². The number of hydrogen-bond acceptors (Lipinski definition) is 5. The second kappa shape index (κ2) is 3.38. The van der Waals surface area contributed by atoms with Gasteiger partial charge in [-0.05, 0) is 13.0 Å². The SMILES string of the molecule is Cc1nc2cc3c(cc2c(=O)n1N)OCCO3. The van der Waals surface area contributed by atoms with Crippen LogP contribution in [0.3, 0.4) is 0 Å². The predicted octanol–water partition coefficient (Wildman–Crippen LogP) is 0.190. The summed E-state index contributed by atoms with van der Waals surface area (Å²) in [5.41, 5.74) is 0.280. The van der Waals surface area contributed by atoms with E-state index in [1.54, 1.807) is 19.1 Å². The van der Waals surface area contributed by atoms with Gasteiger partial charge in [0.1, 0.15) is 19.0 Å². The summed E-state index contributed by atoms with van der Waals surface area (Å²) in [7, 11) is 0. The molecule has 0 spiro atoms. The highest BCUT2D eigenvalue weighted by atomic mass is 16.6. The van der Waals surface area contributed by atoms with Crippen LogP contribution in [0.15, 0.2) is 16.9 Å². The molecule has 2 N–H and O–H groups in total. The van der Waals surface area contributed by atoms with Crippen LogP contribution in [-0.2, 0) is 0 Å². The minimum absolute atomic E-state index is 0.288. The maximum atomic E-state index is 11.9. The number of aromatic nitrogens is 2. The summed E-state index contributed by atoms with van der Waals surface area (Å²) in [6.07, 6.45) is 0. The minimum Gasteiger partial charge on any atom is -0.486 e. The maximum Gasteiger partial charge on any atom is 0.279 e. The Bertz CT molecular complexity index is 663. The third kappa shape index (κ3) is 1.41. The maximum absolute atomic E-state index is 11.9. The lowest BCUT2D eigenvalue weighted by molar-refractivity contribution is 0.172. The zero-order chi connectivity index (χ0) is 12.0. The second-order valence-corrected chi connectivity index (χ2v) is 3.85. The molecule has 6 heteroatoms. The molecule has 0 unspecified atom stereocenters. The molecule has 0 radical (unpaired) electrons. The van der Waals surface area contributed by atoms with Crippen molar-refractivity contribution < 1.29 is 9.47 Å². The van der Waals surface area contributed by atoms with E-state index in [4.69, 9.17) is 15.3 Å². The van der Waals surface area contributed by atoms with Crippen molar-refractivity contribution in [2.24, 2.45) is 0 Å². The quantitative estimate of drug-likeness (QED) is 0.657. The average molecular weight is 233 g/mol. The fraction of sp³-hybridized carbons (Fsp3) is 0.273. The molecule has 1 aliphatic rings. The number of benzene rings is 1. The number of fused-ring (bicyclic) bond motifs is 2. The number of nitrogens with zero attached hydrogens (tertiary/aromatic N) is 2. The molecule has 3 rings (SSSR count). The second-order valence-electron chi connectivity index (χ2n) is 3.85. The van der Waals surface area contributed by atoms with Crippen LogP contribution >= 0.6 is 0 Å². The molecular formula is C11H11N3O3. The summed E-state index contributed by atoms with van der Waals surface area (Å²) in [6.45, 7) is 2.66. The topological polar surface area (TPSA) is 79.4 Å². The van der Waals surface area contributed by atoms with Crippen LogP contribution in [0, 0.1) is 6.92 Å². The fourth-order valence-corrected chi connectivity index (χ4v) is 1.85. The Morgan fingerprint density at radius 2 is 1.94 bits per heavy atom. The van der Waals surface area contributed by atoms with Crippen molar-refractivity contribution in [3.05, 3.63) is 28.3 Å². The Balaban J connectivity index is 2.38. The highest BCUT2D eigenvalue weighted by Gasteiger charge is 2.15. The van der Waals surface area contributed by atoms with Crippen molar-refractivity contribution >= 4 is 10.9 Å². The van der Waals surface area contributed by atoms with Gasteiger partial charge in [0.2, 0.25) is 0 Å². The van der Waals surface area contributed by atoms with Crippen molar-refractivity contribution in [1.29, 1.82) is 0 Å². The summed E-state index contributed by atoms with van der Waals surface area (Å²) < 4.78 is 11.9. The Kier molecular flexibility index (Phi) is 1.98. The van der Waals surface area contributed by atoms with E-state index in [2.05, 4.69) is 4.98 Å². The third-order valence-corrected chi connectivity index (χ3v) is 2.74. The van der Waals surface area contributed by atoms with E-state index in [1.165, 1.54) is 0 Å². The van der Waals surface area contributed by atoms with E-state index in [0.717, 1.165) is 4.68 Å². The van der Waals surface area contributed by atoms with Crippen LogP contribution in [0.4, 0.5) is 0 Å². The molecule has 2 heterocycles. The van der Waals surface area contributed by atoms with Gasteiger partial charge in [-0.25, -0.2) is 9.66 Å². The van der Waals surface area contributed by atoms with Gasteiger partial charge in [0, 0.05) is 6.07 Å². The normalized spacial score (nSPS) is 13.9. The standard InChI is InChI=1S/C11H11N3O3/c1-6-13-8-5-10-9(16-2-3-17-10)4-7(8)11(15)14(6)12/h4-5H,2-3,12H2,1H3. The smallest absolute Gasteiger partial charge is 0.279 e. The van der Waals surface area contributed by atoms with Gasteiger partial charge in [-0.15, -0.1) is 0 Å². The van der Waals surface area contributed by atoms with Gasteiger partial charge in [-0.1, -0.05) is 0 Å². The van der Waals surface area contributed by atoms with Crippen molar-refractivity contribution in [1.82, 2.24) is 9.66 Å². The van der Waals surface area contributed by atoms with E-state index >= 15 is 0 Å². The van der Waals surface area contributed by atoms with Crippen molar-refractivity contribution in [3.63, 3.8) is 0 Å². The van der Waals surface area contributed by atoms with Crippen LogP contribution in [0.5, 0.6) is 11.5 Å². The largest absolute Gasteiger partial charge is 0.486 e. The molecule has 0 saturated carbocycles. The van der Waals surface area contributed by atoms with Crippen molar-refractivity contribution in [2.75, 3.05) is 19.1 Å². The third-order valence-electron chi connectivity index (χ3n) is 2.74. The van der Waals surface area contributed by atoms with E-state index in [-0.39, 0.29) is 5.56 Å². The highest BCUT2D eigenvalue weighted by molar-refractivity contribution is 5.82. The molecule has 1 aromatic heterocycles. The lowest BCUT2D eigenvalue weighted by Gasteiger charge is -2.18. The zero-order valence-corrected chi connectivity index (χ0v) is 9.27. The van der Waals surface area contributed by atoms with Gasteiger partial charge < -0.3 is 15.3 Å². The van der Waals surface area contributed by atoms with Gasteiger partial charge >= 0.3 is 0 Å². The first-order chi connectivity index (χ1) is 8.16. The van der Waals surface area contributed by atoms with Crippen LogP contribution < -0.4 is 20.9 Å². The van der Waals surface area contributed by atoms with Gasteiger partial charge in [0.15, 0.2) is 11.5 Å². The van der Waals surface area contributed by atoms with E-state index in [0.29, 0.717) is 41.4 Å². The number of nitrogen functional groups attached to an aromatic ring is 1. The first-order valence-corrected chi connectivity index (χ1v) is 5.25. The molecule has 1 aromatic carbocycles. The molecule has 1 aliphatic heterocycles. The average Bonchev–Trinajstić information content (AvgIpc) is 2.34. The summed E-state index contributed by atoms with van der Waals surface area (Å²) in [6, 6.07) is 3.33. The Labute approximate surface area is 96.5 Å². The number of ether oxygens (including phenoxy) is 2. The molecule has 0 bridgehead atoms. The lowest BCUT2D eigenvalue weighted by Crippen LogP contribution is -2.30. The lowest BCUT2D eigenvalue weighted by atomic mass is 10.2. The Hall–Kier alpha value is -2.24. The summed E-state index contributed by atoms with van der Waals surface area (Å²) in [5.74, 6) is 7.23. The van der Waals surface area contributed by atoms with Gasteiger partial charge in [-0.3, -0.25) is 4.79 Å². The Morgan fingerprint density at radius 1 is 1.29 bits per heavy atom. The van der Waals surface area contributed by atoms with E-state index in [9.17, 15) is 4.79 Å². The number of rotatable bonds is 0. The molecule has 17 heavy (non-hydrogen) atoms. The number of aryl methyl sites for hydroxylation is 1. The summed E-state index contributed by atoms with van der Waals surface area (Å²) in [5, 5.41) is 0.433. The molecule has 88 valence electrons. The first-order valence-electron chi connectivity index (χ1n) is 5.25. The molecular weight excluding hydrogens is 222 g/mol. The number of hydrogen-bond donors (Lipinski definition) is 1. The molecule has 0 atom stereocenters.